The van der Waals surface area contributed by atoms with Crippen molar-refractivity contribution in [2.75, 3.05) is 0 Å². The Hall–Kier alpha value is -1.51. The van der Waals surface area contributed by atoms with Gasteiger partial charge in [-0.05, 0) is 79.4 Å². The lowest BCUT2D eigenvalue weighted by Crippen LogP contribution is -2.43. The van der Waals surface area contributed by atoms with E-state index < -0.39 is 5.97 Å². The molecular formula is C17H20O3. The third kappa shape index (κ3) is 1.75. The standard InChI is InChI=1S/C17H20O3/c18-15-2-1-11(8-14(15)17(19)20)16-12-4-9-3-10(6-12)7-13(16)5-9/h1-2,8-10,12-13,16,18H,3-7H2,(H,19,20). The van der Waals surface area contributed by atoms with Crippen LogP contribution in [0.1, 0.15) is 53.9 Å². The summed E-state index contributed by atoms with van der Waals surface area (Å²) < 4.78 is 0. The molecule has 1 aromatic rings. The summed E-state index contributed by atoms with van der Waals surface area (Å²) in [5, 5.41) is 18.9. The van der Waals surface area contributed by atoms with Gasteiger partial charge < -0.3 is 10.2 Å². The second kappa shape index (κ2) is 4.24. The Kier molecular flexibility index (Phi) is 2.60. The van der Waals surface area contributed by atoms with Crippen molar-refractivity contribution < 1.29 is 15.0 Å². The normalized spacial score (nSPS) is 38.1. The van der Waals surface area contributed by atoms with Gasteiger partial charge in [0.1, 0.15) is 11.3 Å². The molecule has 106 valence electrons. The van der Waals surface area contributed by atoms with Gasteiger partial charge in [0.15, 0.2) is 0 Å². The van der Waals surface area contributed by atoms with Crippen molar-refractivity contribution in [3.05, 3.63) is 29.3 Å². The second-order valence-electron chi connectivity index (χ2n) is 7.04. The van der Waals surface area contributed by atoms with Gasteiger partial charge in [0.25, 0.3) is 0 Å². The topological polar surface area (TPSA) is 57.5 Å². The fourth-order valence-corrected chi connectivity index (χ4v) is 5.40. The molecule has 4 aliphatic carbocycles. The molecule has 2 N–H and O–H groups in total. The van der Waals surface area contributed by atoms with Crippen LogP contribution in [0.5, 0.6) is 5.75 Å². The van der Waals surface area contributed by atoms with Gasteiger partial charge in [-0.1, -0.05) is 6.07 Å². The van der Waals surface area contributed by atoms with Gasteiger partial charge >= 0.3 is 5.97 Å². The molecule has 5 rings (SSSR count). The van der Waals surface area contributed by atoms with Crippen molar-refractivity contribution in [2.45, 2.75) is 38.0 Å². The molecule has 0 saturated heterocycles. The average Bonchev–Trinajstić information content (AvgIpc) is 2.38. The quantitative estimate of drug-likeness (QED) is 0.864. The van der Waals surface area contributed by atoms with Gasteiger partial charge in [-0.25, -0.2) is 4.79 Å². The van der Waals surface area contributed by atoms with Gasteiger partial charge in [0, 0.05) is 0 Å². The first-order chi connectivity index (χ1) is 9.61. The molecule has 0 aliphatic heterocycles. The van der Waals surface area contributed by atoms with Crippen molar-refractivity contribution in [3.8, 4) is 5.75 Å². The van der Waals surface area contributed by atoms with Crippen LogP contribution in [0, 0.1) is 23.7 Å². The first kappa shape index (κ1) is 12.2. The molecular weight excluding hydrogens is 252 g/mol. The van der Waals surface area contributed by atoms with E-state index in [9.17, 15) is 15.0 Å². The maximum atomic E-state index is 11.2. The Balaban J connectivity index is 1.71. The summed E-state index contributed by atoms with van der Waals surface area (Å²) in [6.07, 6.45) is 6.71. The van der Waals surface area contributed by atoms with Crippen LogP contribution < -0.4 is 0 Å². The Morgan fingerprint density at radius 1 is 1.00 bits per heavy atom. The molecule has 0 atom stereocenters. The summed E-state index contributed by atoms with van der Waals surface area (Å²) in [6, 6.07) is 5.21. The number of phenols is 1. The fraction of sp³-hybridized carbons (Fsp3) is 0.588. The molecule has 3 heteroatoms. The first-order valence-electron chi connectivity index (χ1n) is 7.68. The van der Waals surface area contributed by atoms with Crippen molar-refractivity contribution in [3.63, 3.8) is 0 Å². The summed E-state index contributed by atoms with van der Waals surface area (Å²) in [5.41, 5.74) is 1.19. The number of benzene rings is 1. The van der Waals surface area contributed by atoms with Gasteiger partial charge in [0.2, 0.25) is 0 Å². The predicted octanol–water partition coefficient (Wildman–Crippen LogP) is 3.63. The van der Waals surface area contributed by atoms with Crippen LogP contribution in [0.2, 0.25) is 0 Å². The van der Waals surface area contributed by atoms with Crippen LogP contribution in [0.4, 0.5) is 0 Å². The number of carboxylic acid groups (broad SMARTS) is 1. The minimum atomic E-state index is -1.03. The van der Waals surface area contributed by atoms with E-state index in [1.54, 1.807) is 12.1 Å². The molecule has 4 aliphatic rings. The van der Waals surface area contributed by atoms with E-state index in [0.717, 1.165) is 29.2 Å². The third-order valence-electron chi connectivity index (χ3n) is 5.86. The number of aromatic hydroxyl groups is 1. The Morgan fingerprint density at radius 2 is 1.60 bits per heavy atom. The van der Waals surface area contributed by atoms with E-state index in [1.807, 2.05) is 6.07 Å². The number of carboxylic acids is 1. The van der Waals surface area contributed by atoms with E-state index in [-0.39, 0.29) is 11.3 Å². The van der Waals surface area contributed by atoms with E-state index in [1.165, 1.54) is 32.1 Å². The molecule has 0 radical (unpaired) electrons. The van der Waals surface area contributed by atoms with Crippen LogP contribution in [-0.4, -0.2) is 16.2 Å². The van der Waals surface area contributed by atoms with Gasteiger partial charge in [-0.15, -0.1) is 0 Å². The highest BCUT2D eigenvalue weighted by molar-refractivity contribution is 5.91. The number of hydrogen-bond donors (Lipinski definition) is 2. The summed E-state index contributed by atoms with van der Waals surface area (Å²) in [5.74, 6) is 2.67. The Bertz CT molecular complexity index is 535. The zero-order chi connectivity index (χ0) is 13.9. The van der Waals surface area contributed by atoms with Gasteiger partial charge in [0.05, 0.1) is 0 Å². The molecule has 4 saturated carbocycles. The molecule has 4 fully saturated rings. The predicted molar refractivity (Wildman–Crippen MR) is 74.9 cm³/mol. The van der Waals surface area contributed by atoms with E-state index >= 15 is 0 Å². The zero-order valence-electron chi connectivity index (χ0n) is 11.5. The van der Waals surface area contributed by atoms with Crippen molar-refractivity contribution >= 4 is 5.97 Å². The van der Waals surface area contributed by atoms with Crippen LogP contribution in [0.25, 0.3) is 0 Å². The minimum Gasteiger partial charge on any atom is -0.507 e. The average molecular weight is 272 g/mol. The molecule has 3 nitrogen and oxygen atoms in total. The molecule has 1 aromatic carbocycles. The van der Waals surface area contributed by atoms with Crippen molar-refractivity contribution in [1.29, 1.82) is 0 Å². The first-order valence-corrected chi connectivity index (χ1v) is 7.68. The van der Waals surface area contributed by atoms with Crippen molar-refractivity contribution in [2.24, 2.45) is 23.7 Å². The molecule has 4 bridgehead atoms. The number of rotatable bonds is 2. The smallest absolute Gasteiger partial charge is 0.339 e. The lowest BCUT2D eigenvalue weighted by atomic mass is 9.51. The maximum absolute atomic E-state index is 11.2. The molecule has 0 spiro atoms. The highest BCUT2D eigenvalue weighted by atomic mass is 16.4. The van der Waals surface area contributed by atoms with Crippen LogP contribution in [-0.2, 0) is 0 Å². The second-order valence-corrected chi connectivity index (χ2v) is 7.04. The summed E-state index contributed by atoms with van der Waals surface area (Å²) in [7, 11) is 0. The molecule has 0 amide bonds. The largest absolute Gasteiger partial charge is 0.507 e. The minimum absolute atomic E-state index is 0.0521. The van der Waals surface area contributed by atoms with E-state index in [2.05, 4.69) is 0 Å². The Labute approximate surface area is 118 Å². The fourth-order valence-electron chi connectivity index (χ4n) is 5.40. The molecule has 0 heterocycles. The lowest BCUT2D eigenvalue weighted by molar-refractivity contribution is -0.00283. The highest BCUT2D eigenvalue weighted by Gasteiger charge is 2.48. The van der Waals surface area contributed by atoms with E-state index in [0.29, 0.717) is 5.92 Å². The van der Waals surface area contributed by atoms with Crippen molar-refractivity contribution in [1.82, 2.24) is 0 Å². The molecule has 0 unspecified atom stereocenters. The number of carbonyl (C=O) groups is 1. The summed E-state index contributed by atoms with van der Waals surface area (Å²) in [4.78, 5) is 11.2. The number of aromatic carboxylic acids is 1. The maximum Gasteiger partial charge on any atom is 0.339 e. The molecule has 20 heavy (non-hydrogen) atoms. The number of hydrogen-bond acceptors (Lipinski definition) is 2. The third-order valence-corrected chi connectivity index (χ3v) is 5.86. The van der Waals surface area contributed by atoms with Gasteiger partial charge in [-0.2, -0.15) is 0 Å². The summed E-state index contributed by atoms with van der Waals surface area (Å²) >= 11 is 0. The van der Waals surface area contributed by atoms with E-state index in [4.69, 9.17) is 0 Å². The van der Waals surface area contributed by atoms with Crippen LogP contribution in [0.3, 0.4) is 0 Å². The zero-order valence-corrected chi connectivity index (χ0v) is 11.5. The van der Waals surface area contributed by atoms with Crippen LogP contribution >= 0.6 is 0 Å². The van der Waals surface area contributed by atoms with Gasteiger partial charge in [-0.3, -0.25) is 0 Å². The molecule has 0 aromatic heterocycles. The van der Waals surface area contributed by atoms with Crippen LogP contribution in [0.15, 0.2) is 18.2 Å². The Morgan fingerprint density at radius 3 is 2.15 bits per heavy atom. The monoisotopic (exact) mass is 272 g/mol. The lowest BCUT2D eigenvalue weighted by Gasteiger charge is -2.54. The summed E-state index contributed by atoms with van der Waals surface area (Å²) in [6.45, 7) is 0. The highest BCUT2D eigenvalue weighted by Crippen LogP contribution is 2.59. The SMILES string of the molecule is O=C(O)c1cc(C2C3CC4CC(C3)CC2C4)ccc1O.